The molecule has 166 valence electrons. The van der Waals surface area contributed by atoms with Crippen LogP contribution in [-0.2, 0) is 11.3 Å². The van der Waals surface area contributed by atoms with E-state index in [0.29, 0.717) is 38.0 Å². The van der Waals surface area contributed by atoms with Gasteiger partial charge in [-0.15, -0.1) is 0 Å². The number of nitrogens with one attached hydrogen (secondary N) is 1. The molecule has 32 heavy (non-hydrogen) atoms. The van der Waals surface area contributed by atoms with Gasteiger partial charge < -0.3 is 20.1 Å². The number of aliphatic hydroxyl groups is 1. The molecule has 8 heteroatoms. The number of nitriles is 1. The molecule has 1 fully saturated rings. The Morgan fingerprint density at radius 1 is 1.34 bits per heavy atom. The Morgan fingerprint density at radius 3 is 2.78 bits per heavy atom. The first kappa shape index (κ1) is 21.9. The van der Waals surface area contributed by atoms with E-state index < -0.39 is 17.8 Å². The highest BCUT2D eigenvalue weighted by molar-refractivity contribution is 5.95. The zero-order chi connectivity index (χ0) is 22.8. The number of piperidine rings is 1. The van der Waals surface area contributed by atoms with Gasteiger partial charge in [-0.1, -0.05) is 6.07 Å². The van der Waals surface area contributed by atoms with Crippen LogP contribution in [0.3, 0.4) is 0 Å². The summed E-state index contributed by atoms with van der Waals surface area (Å²) in [4.78, 5) is 26.2. The number of carbonyl (C=O) groups is 2. The molecule has 7 nitrogen and oxygen atoms in total. The topological polar surface area (TPSA) is 103 Å². The molecule has 0 aromatic heterocycles. The van der Waals surface area contributed by atoms with Crippen molar-refractivity contribution in [3.63, 3.8) is 0 Å². The van der Waals surface area contributed by atoms with E-state index in [-0.39, 0.29) is 29.7 Å². The Labute approximate surface area is 185 Å². The summed E-state index contributed by atoms with van der Waals surface area (Å²) in [5, 5.41) is 22.5. The Hall–Kier alpha value is -3.28. The lowest BCUT2D eigenvalue weighted by molar-refractivity contribution is 0.0534. The number of esters is 1. The van der Waals surface area contributed by atoms with Crippen molar-refractivity contribution in [2.75, 3.05) is 19.6 Å². The molecule has 2 heterocycles. The van der Waals surface area contributed by atoms with Gasteiger partial charge in [0.05, 0.1) is 28.9 Å². The van der Waals surface area contributed by atoms with Gasteiger partial charge in [0.1, 0.15) is 12.4 Å². The van der Waals surface area contributed by atoms with Gasteiger partial charge in [0.25, 0.3) is 5.91 Å². The van der Waals surface area contributed by atoms with Gasteiger partial charge in [0.15, 0.2) is 0 Å². The molecule has 2 aromatic carbocycles. The standard InChI is InChI=1S/C24H24FN3O4/c1-14-17(4-5-18-20(14)13-32-24(18)31)22(29)12-28-8-6-16(7-9-28)27-23(30)19-3-2-15(11-26)10-21(19)25/h2-5,10,16,22,29H,6-9,12-13H2,1H3,(H,27,30). The molecule has 2 aromatic rings. The fourth-order valence-corrected chi connectivity index (χ4v) is 4.36. The van der Waals surface area contributed by atoms with E-state index in [0.717, 1.165) is 22.8 Å². The van der Waals surface area contributed by atoms with Crippen LogP contribution in [0.1, 0.15) is 61.9 Å². The van der Waals surface area contributed by atoms with Crippen molar-refractivity contribution in [2.45, 2.75) is 38.5 Å². The number of cyclic esters (lactones) is 1. The van der Waals surface area contributed by atoms with E-state index in [1.165, 1.54) is 12.1 Å². The quantitative estimate of drug-likeness (QED) is 0.697. The number of ether oxygens (including phenoxy) is 1. The summed E-state index contributed by atoms with van der Waals surface area (Å²) >= 11 is 0. The third kappa shape index (κ3) is 4.35. The number of carbonyl (C=O) groups excluding carboxylic acids is 2. The van der Waals surface area contributed by atoms with Crippen LogP contribution >= 0.6 is 0 Å². The van der Waals surface area contributed by atoms with Gasteiger partial charge in [-0.05, 0) is 55.2 Å². The number of aliphatic hydroxyl groups excluding tert-OH is 1. The summed E-state index contributed by atoms with van der Waals surface area (Å²) in [5.41, 5.74) is 3.16. The molecule has 0 saturated carbocycles. The first-order chi connectivity index (χ1) is 15.4. The molecule has 1 unspecified atom stereocenters. The molecule has 0 spiro atoms. The van der Waals surface area contributed by atoms with Crippen LogP contribution in [0.5, 0.6) is 0 Å². The van der Waals surface area contributed by atoms with Crippen molar-refractivity contribution in [3.8, 4) is 6.07 Å². The molecule has 4 rings (SSSR count). The van der Waals surface area contributed by atoms with Crippen LogP contribution in [0.25, 0.3) is 0 Å². The monoisotopic (exact) mass is 437 g/mol. The highest BCUT2D eigenvalue weighted by Gasteiger charge is 2.28. The van der Waals surface area contributed by atoms with Crippen molar-refractivity contribution in [1.29, 1.82) is 5.26 Å². The number of halogens is 1. The summed E-state index contributed by atoms with van der Waals surface area (Å²) in [5.74, 6) is -1.52. The third-order valence-electron chi connectivity index (χ3n) is 6.26. The van der Waals surface area contributed by atoms with Crippen LogP contribution in [0.15, 0.2) is 30.3 Å². The second-order valence-corrected chi connectivity index (χ2v) is 8.25. The summed E-state index contributed by atoms with van der Waals surface area (Å²) in [7, 11) is 0. The third-order valence-corrected chi connectivity index (χ3v) is 6.26. The maximum Gasteiger partial charge on any atom is 0.338 e. The maximum atomic E-state index is 14.1. The number of hydrogen-bond acceptors (Lipinski definition) is 6. The van der Waals surface area contributed by atoms with Crippen molar-refractivity contribution in [3.05, 3.63) is 69.5 Å². The number of nitrogens with zero attached hydrogens (tertiary/aromatic N) is 2. The first-order valence-electron chi connectivity index (χ1n) is 10.6. The van der Waals surface area contributed by atoms with E-state index in [1.54, 1.807) is 12.1 Å². The van der Waals surface area contributed by atoms with Crippen LogP contribution in [-0.4, -0.2) is 47.6 Å². The van der Waals surface area contributed by atoms with Crippen molar-refractivity contribution in [2.24, 2.45) is 0 Å². The summed E-state index contributed by atoms with van der Waals surface area (Å²) in [6.07, 6.45) is 0.666. The van der Waals surface area contributed by atoms with Gasteiger partial charge in [-0.2, -0.15) is 5.26 Å². The predicted octanol–water partition coefficient (Wildman–Crippen LogP) is 2.60. The normalized spacial score (nSPS) is 17.4. The van der Waals surface area contributed by atoms with E-state index in [4.69, 9.17) is 10.00 Å². The smallest absolute Gasteiger partial charge is 0.338 e. The SMILES string of the molecule is Cc1c(C(O)CN2CCC(NC(=O)c3ccc(C#N)cc3F)CC2)ccc2c1COC2=O. The molecule has 0 bridgehead atoms. The van der Waals surface area contributed by atoms with Crippen LogP contribution < -0.4 is 5.32 Å². The van der Waals surface area contributed by atoms with E-state index in [2.05, 4.69) is 10.2 Å². The fraction of sp³-hybridized carbons (Fsp3) is 0.375. The zero-order valence-electron chi connectivity index (χ0n) is 17.7. The summed E-state index contributed by atoms with van der Waals surface area (Å²) in [6.45, 7) is 3.95. The molecular formula is C24H24FN3O4. The first-order valence-corrected chi connectivity index (χ1v) is 10.6. The summed E-state index contributed by atoms with van der Waals surface area (Å²) in [6, 6.07) is 9.05. The minimum atomic E-state index is -0.709. The zero-order valence-corrected chi connectivity index (χ0v) is 17.7. The van der Waals surface area contributed by atoms with Crippen molar-refractivity contribution >= 4 is 11.9 Å². The summed E-state index contributed by atoms with van der Waals surface area (Å²) < 4.78 is 19.2. The Balaban J connectivity index is 1.31. The molecule has 1 atom stereocenters. The number of fused-ring (bicyclic) bond motifs is 1. The molecular weight excluding hydrogens is 413 g/mol. The van der Waals surface area contributed by atoms with Crippen molar-refractivity contribution < 1.29 is 23.8 Å². The van der Waals surface area contributed by atoms with Gasteiger partial charge >= 0.3 is 5.97 Å². The number of amides is 1. The van der Waals surface area contributed by atoms with Crippen LogP contribution in [0, 0.1) is 24.1 Å². The molecule has 1 amide bonds. The van der Waals surface area contributed by atoms with E-state index >= 15 is 0 Å². The number of benzene rings is 2. The lowest BCUT2D eigenvalue weighted by Gasteiger charge is -2.33. The Morgan fingerprint density at radius 2 is 2.09 bits per heavy atom. The molecule has 0 aliphatic carbocycles. The molecule has 2 N–H and O–H groups in total. The van der Waals surface area contributed by atoms with Gasteiger partial charge in [0, 0.05) is 31.2 Å². The molecule has 2 aliphatic heterocycles. The lowest BCUT2D eigenvalue weighted by atomic mass is 9.94. The number of β-amino-alcohol motifs (C(OH)–C–C–N with tert-alkyl or cyclic N) is 1. The molecule has 0 radical (unpaired) electrons. The predicted molar refractivity (Wildman–Crippen MR) is 113 cm³/mol. The minimum Gasteiger partial charge on any atom is -0.457 e. The van der Waals surface area contributed by atoms with E-state index in [1.807, 2.05) is 13.0 Å². The largest absolute Gasteiger partial charge is 0.457 e. The highest BCUT2D eigenvalue weighted by atomic mass is 19.1. The average molecular weight is 437 g/mol. The number of likely N-dealkylation sites (tertiary alicyclic amines) is 1. The van der Waals surface area contributed by atoms with Crippen LogP contribution in [0.4, 0.5) is 4.39 Å². The van der Waals surface area contributed by atoms with Crippen molar-refractivity contribution in [1.82, 2.24) is 10.2 Å². The average Bonchev–Trinajstić information content (AvgIpc) is 3.16. The second-order valence-electron chi connectivity index (χ2n) is 8.25. The fourth-order valence-electron chi connectivity index (χ4n) is 4.36. The lowest BCUT2D eigenvalue weighted by Crippen LogP contribution is -2.45. The molecule has 2 aliphatic rings. The van der Waals surface area contributed by atoms with Gasteiger partial charge in [0.2, 0.25) is 0 Å². The number of hydrogen-bond donors (Lipinski definition) is 2. The van der Waals surface area contributed by atoms with Crippen LogP contribution in [0.2, 0.25) is 0 Å². The number of rotatable bonds is 5. The van der Waals surface area contributed by atoms with Gasteiger partial charge in [-0.25, -0.2) is 9.18 Å². The maximum absolute atomic E-state index is 14.1. The molecule has 1 saturated heterocycles. The second kappa shape index (κ2) is 9.07. The van der Waals surface area contributed by atoms with E-state index in [9.17, 15) is 19.1 Å². The van der Waals surface area contributed by atoms with Gasteiger partial charge in [-0.3, -0.25) is 4.79 Å². The Bertz CT molecular complexity index is 1100. The highest BCUT2D eigenvalue weighted by Crippen LogP contribution is 2.29. The Kier molecular flexibility index (Phi) is 6.21. The minimum absolute atomic E-state index is 0.0728.